The fourth-order valence-electron chi connectivity index (χ4n) is 1.39. The van der Waals surface area contributed by atoms with Crippen LogP contribution in [-0.2, 0) is 6.54 Å². The number of benzene rings is 1. The van der Waals surface area contributed by atoms with E-state index in [2.05, 4.69) is 33.9 Å². The van der Waals surface area contributed by atoms with Gasteiger partial charge < -0.3 is 10.6 Å². The second-order valence-corrected chi connectivity index (χ2v) is 4.89. The van der Waals surface area contributed by atoms with Crippen molar-refractivity contribution in [1.82, 2.24) is 4.90 Å². The predicted octanol–water partition coefficient (Wildman–Crippen LogP) is 2.88. The molecule has 0 aliphatic heterocycles. The van der Waals surface area contributed by atoms with Crippen LogP contribution in [0.5, 0.6) is 0 Å². The van der Waals surface area contributed by atoms with Crippen molar-refractivity contribution in [2.45, 2.75) is 13.0 Å². The lowest BCUT2D eigenvalue weighted by molar-refractivity contribution is 0.324. The number of nitrogens with zero attached hydrogens (tertiary/aromatic N) is 1. The zero-order chi connectivity index (χ0) is 11.3. The van der Waals surface area contributed by atoms with Crippen molar-refractivity contribution < 1.29 is 0 Å². The van der Waals surface area contributed by atoms with E-state index < -0.39 is 0 Å². The van der Waals surface area contributed by atoms with Crippen LogP contribution < -0.4 is 5.73 Å². The van der Waals surface area contributed by atoms with E-state index in [1.54, 1.807) is 0 Å². The van der Waals surface area contributed by atoms with Crippen molar-refractivity contribution in [3.05, 3.63) is 33.3 Å². The Morgan fingerprint density at radius 3 is 2.80 bits per heavy atom. The molecular weight excluding hydrogens is 275 g/mol. The Balaban J connectivity index is 2.53. The summed E-state index contributed by atoms with van der Waals surface area (Å²) < 4.78 is 0.942. The van der Waals surface area contributed by atoms with Crippen molar-refractivity contribution in [3.63, 3.8) is 0 Å². The fraction of sp³-hybridized carbons (Fsp3) is 0.455. The summed E-state index contributed by atoms with van der Waals surface area (Å²) in [6, 6.07) is 6.05. The second-order valence-electron chi connectivity index (χ2n) is 3.63. The molecule has 84 valence electrons. The number of halogens is 2. The molecule has 0 aliphatic rings. The van der Waals surface area contributed by atoms with Gasteiger partial charge in [0.25, 0.3) is 0 Å². The van der Waals surface area contributed by atoms with E-state index in [0.29, 0.717) is 0 Å². The van der Waals surface area contributed by atoms with Gasteiger partial charge >= 0.3 is 0 Å². The van der Waals surface area contributed by atoms with Crippen molar-refractivity contribution >= 4 is 27.5 Å². The van der Waals surface area contributed by atoms with Gasteiger partial charge in [-0.3, -0.25) is 0 Å². The molecule has 0 amide bonds. The van der Waals surface area contributed by atoms with Crippen LogP contribution in [0.2, 0.25) is 5.02 Å². The number of hydrogen-bond donors (Lipinski definition) is 1. The number of nitrogens with two attached hydrogens (primary N) is 1. The molecule has 0 radical (unpaired) electrons. The first kappa shape index (κ1) is 13.0. The molecule has 15 heavy (non-hydrogen) atoms. The molecule has 4 heteroatoms. The summed E-state index contributed by atoms with van der Waals surface area (Å²) in [7, 11) is 2.09. The number of rotatable bonds is 5. The largest absolute Gasteiger partial charge is 0.330 e. The molecule has 0 saturated heterocycles. The molecule has 1 rings (SSSR count). The lowest BCUT2D eigenvalue weighted by atomic mass is 10.2. The van der Waals surface area contributed by atoms with Crippen LogP contribution in [0.3, 0.4) is 0 Å². The van der Waals surface area contributed by atoms with Crippen LogP contribution in [0.1, 0.15) is 12.0 Å². The van der Waals surface area contributed by atoms with Gasteiger partial charge in [-0.2, -0.15) is 0 Å². The first-order valence-corrected chi connectivity index (χ1v) is 6.13. The van der Waals surface area contributed by atoms with Gasteiger partial charge in [0.05, 0.1) is 5.02 Å². The highest BCUT2D eigenvalue weighted by atomic mass is 79.9. The minimum absolute atomic E-state index is 0.742. The fourth-order valence-corrected chi connectivity index (χ4v) is 1.84. The lowest BCUT2D eigenvalue weighted by Crippen LogP contribution is -2.21. The van der Waals surface area contributed by atoms with E-state index in [-0.39, 0.29) is 0 Å². The van der Waals surface area contributed by atoms with E-state index in [1.807, 2.05) is 12.1 Å². The summed E-state index contributed by atoms with van der Waals surface area (Å²) in [5, 5.41) is 0.764. The molecule has 1 aromatic rings. The van der Waals surface area contributed by atoms with E-state index in [4.69, 9.17) is 17.3 Å². The van der Waals surface area contributed by atoms with Crippen molar-refractivity contribution in [3.8, 4) is 0 Å². The summed E-state index contributed by atoms with van der Waals surface area (Å²) >= 11 is 9.39. The molecule has 0 heterocycles. The Morgan fingerprint density at radius 1 is 1.47 bits per heavy atom. The molecule has 0 spiro atoms. The third kappa shape index (κ3) is 4.51. The standard InChI is InChI=1S/C11H16BrClN2/c1-15(6-2-5-14)8-9-3-4-10(12)11(13)7-9/h3-4,7H,2,5-6,8,14H2,1H3. The van der Waals surface area contributed by atoms with Crippen LogP contribution in [-0.4, -0.2) is 25.0 Å². The maximum atomic E-state index is 6.02. The van der Waals surface area contributed by atoms with Gasteiger partial charge in [0.2, 0.25) is 0 Å². The zero-order valence-electron chi connectivity index (χ0n) is 8.84. The van der Waals surface area contributed by atoms with Gasteiger partial charge in [0.1, 0.15) is 0 Å². The van der Waals surface area contributed by atoms with E-state index in [9.17, 15) is 0 Å². The van der Waals surface area contributed by atoms with Crippen LogP contribution in [0.4, 0.5) is 0 Å². The lowest BCUT2D eigenvalue weighted by Gasteiger charge is -2.16. The highest BCUT2D eigenvalue weighted by Crippen LogP contribution is 2.23. The van der Waals surface area contributed by atoms with Gasteiger partial charge in [0.15, 0.2) is 0 Å². The van der Waals surface area contributed by atoms with Crippen molar-refractivity contribution in [2.75, 3.05) is 20.1 Å². The minimum atomic E-state index is 0.742. The maximum Gasteiger partial charge on any atom is 0.0551 e. The summed E-state index contributed by atoms with van der Waals surface area (Å²) in [5.74, 6) is 0. The second kappa shape index (κ2) is 6.48. The Kier molecular flexibility index (Phi) is 5.61. The number of hydrogen-bond acceptors (Lipinski definition) is 2. The topological polar surface area (TPSA) is 29.3 Å². The molecule has 0 aliphatic carbocycles. The molecule has 0 bridgehead atoms. The average molecular weight is 292 g/mol. The normalized spacial score (nSPS) is 11.0. The Bertz CT molecular complexity index is 317. The van der Waals surface area contributed by atoms with Crippen LogP contribution in [0, 0.1) is 0 Å². The molecule has 1 aromatic carbocycles. The maximum absolute atomic E-state index is 6.02. The molecule has 0 aromatic heterocycles. The van der Waals surface area contributed by atoms with Gasteiger partial charge in [-0.05, 0) is 60.2 Å². The Labute approximate surface area is 105 Å². The SMILES string of the molecule is CN(CCCN)Cc1ccc(Br)c(Cl)c1. The highest BCUT2D eigenvalue weighted by molar-refractivity contribution is 9.10. The third-order valence-corrected chi connectivity index (χ3v) is 3.41. The van der Waals surface area contributed by atoms with Gasteiger partial charge in [-0.25, -0.2) is 0 Å². The highest BCUT2D eigenvalue weighted by Gasteiger charge is 2.02. The molecule has 0 fully saturated rings. The third-order valence-electron chi connectivity index (χ3n) is 2.18. The first-order chi connectivity index (χ1) is 7.13. The Morgan fingerprint density at radius 2 is 2.20 bits per heavy atom. The average Bonchev–Trinajstić information content (AvgIpc) is 2.20. The van der Waals surface area contributed by atoms with Gasteiger partial charge in [0, 0.05) is 11.0 Å². The summed E-state index contributed by atoms with van der Waals surface area (Å²) in [6.07, 6.45) is 1.03. The molecule has 0 unspecified atom stereocenters. The van der Waals surface area contributed by atoms with Crippen LogP contribution in [0.25, 0.3) is 0 Å². The molecule has 2 nitrogen and oxygen atoms in total. The summed E-state index contributed by atoms with van der Waals surface area (Å²) in [6.45, 7) is 2.67. The van der Waals surface area contributed by atoms with Gasteiger partial charge in [-0.1, -0.05) is 17.7 Å². The molecule has 2 N–H and O–H groups in total. The monoisotopic (exact) mass is 290 g/mol. The van der Waals surface area contributed by atoms with E-state index in [1.165, 1.54) is 5.56 Å². The quantitative estimate of drug-likeness (QED) is 0.904. The smallest absolute Gasteiger partial charge is 0.0551 e. The zero-order valence-corrected chi connectivity index (χ0v) is 11.2. The predicted molar refractivity (Wildman–Crippen MR) is 69.2 cm³/mol. The van der Waals surface area contributed by atoms with E-state index >= 15 is 0 Å². The minimum Gasteiger partial charge on any atom is -0.330 e. The van der Waals surface area contributed by atoms with Gasteiger partial charge in [-0.15, -0.1) is 0 Å². The van der Waals surface area contributed by atoms with Crippen LogP contribution >= 0.6 is 27.5 Å². The van der Waals surface area contributed by atoms with Crippen molar-refractivity contribution in [2.24, 2.45) is 5.73 Å². The molecule has 0 saturated carbocycles. The Hall–Kier alpha value is -0.0900. The van der Waals surface area contributed by atoms with E-state index in [0.717, 1.165) is 35.6 Å². The summed E-state index contributed by atoms with van der Waals surface area (Å²) in [4.78, 5) is 2.24. The summed E-state index contributed by atoms with van der Waals surface area (Å²) in [5.41, 5.74) is 6.68. The first-order valence-electron chi connectivity index (χ1n) is 4.96. The van der Waals surface area contributed by atoms with Crippen LogP contribution in [0.15, 0.2) is 22.7 Å². The molecular formula is C11H16BrClN2. The molecule has 0 atom stereocenters. The van der Waals surface area contributed by atoms with Crippen molar-refractivity contribution in [1.29, 1.82) is 0 Å².